The van der Waals surface area contributed by atoms with E-state index in [1.54, 1.807) is 5.11 Å². The van der Waals surface area contributed by atoms with E-state index in [1.807, 2.05) is 0 Å². The number of nitrogens with zero attached hydrogens (tertiary/aromatic N) is 1. The molecule has 0 saturated carbocycles. The van der Waals surface area contributed by atoms with Gasteiger partial charge in [-0.05, 0) is 0 Å². The Kier molecular flexibility index (Phi) is 4.23. The number of ketones is 1. The lowest BCUT2D eigenvalue weighted by molar-refractivity contribution is -0.488. The Morgan fingerprint density at radius 1 is 1.50 bits per heavy atom. The average Bonchev–Trinajstić information content (AvgIpc) is 2.04. The first-order valence-corrected chi connectivity index (χ1v) is 4.74. The molecule has 0 aliphatic heterocycles. The van der Waals surface area contributed by atoms with Gasteiger partial charge in [-0.15, -0.1) is 0 Å². The Morgan fingerprint density at radius 2 is 1.92 bits per heavy atom. The smallest absolute Gasteiger partial charge is 0.404 e. The van der Waals surface area contributed by atoms with Gasteiger partial charge in [0.2, 0.25) is 5.78 Å². The standard InChI is InChI=1S/C5H11N2O4P/c1-4(8)5(7-6)12(9,10-2)11-3/h5,7H,1-3H3. The van der Waals surface area contributed by atoms with E-state index in [0.717, 1.165) is 14.2 Å². The number of hydrogen-bond donors (Lipinski definition) is 1. The zero-order chi connectivity index (χ0) is 9.78. The van der Waals surface area contributed by atoms with Gasteiger partial charge in [0.1, 0.15) is 0 Å². The molecule has 1 unspecified atom stereocenters. The van der Waals surface area contributed by atoms with Gasteiger partial charge in [0.05, 0.1) is 0 Å². The van der Waals surface area contributed by atoms with Crippen LogP contribution in [0.15, 0.2) is 0 Å². The average molecular weight is 194 g/mol. The van der Waals surface area contributed by atoms with Gasteiger partial charge in [0.15, 0.2) is 0 Å². The Hall–Kier alpha value is -0.580. The predicted molar refractivity (Wildman–Crippen MR) is 40.4 cm³/mol. The normalized spacial score (nSPS) is 13.9. The molecule has 0 aliphatic carbocycles. The van der Waals surface area contributed by atoms with E-state index in [4.69, 9.17) is 5.53 Å². The molecule has 0 aromatic heterocycles. The van der Waals surface area contributed by atoms with Crippen molar-refractivity contribution in [2.24, 2.45) is 0 Å². The van der Waals surface area contributed by atoms with Crippen molar-refractivity contribution < 1.29 is 23.5 Å². The molecule has 0 rings (SSSR count). The van der Waals surface area contributed by atoms with Gasteiger partial charge in [-0.2, -0.15) is 0 Å². The fraction of sp³-hybridized carbons (Fsp3) is 0.800. The molecular formula is C5H11N2O4P. The number of nitrogens with one attached hydrogen (secondary N) is 1. The molecule has 6 nitrogen and oxygen atoms in total. The van der Waals surface area contributed by atoms with Crippen LogP contribution in [-0.4, -0.2) is 25.8 Å². The summed E-state index contributed by atoms with van der Waals surface area (Å²) in [4.78, 5) is 10.8. The summed E-state index contributed by atoms with van der Waals surface area (Å²) in [6.45, 7) is 1.17. The minimum Gasteiger partial charge on any atom is -0.507 e. The van der Waals surface area contributed by atoms with Crippen molar-refractivity contribution in [3.63, 3.8) is 0 Å². The van der Waals surface area contributed by atoms with E-state index < -0.39 is 19.2 Å². The highest BCUT2D eigenvalue weighted by molar-refractivity contribution is 7.55. The van der Waals surface area contributed by atoms with Crippen LogP contribution in [0.5, 0.6) is 0 Å². The molecule has 0 saturated heterocycles. The van der Waals surface area contributed by atoms with E-state index in [-0.39, 0.29) is 0 Å². The van der Waals surface area contributed by atoms with Crippen molar-refractivity contribution in [1.29, 1.82) is 0 Å². The highest BCUT2D eigenvalue weighted by Crippen LogP contribution is 2.48. The van der Waals surface area contributed by atoms with Crippen LogP contribution >= 0.6 is 7.60 Å². The quantitative estimate of drug-likeness (QED) is 0.471. The van der Waals surface area contributed by atoms with Crippen molar-refractivity contribution in [3.8, 4) is 0 Å². The summed E-state index contributed by atoms with van der Waals surface area (Å²) >= 11 is 0. The van der Waals surface area contributed by atoms with E-state index in [2.05, 4.69) is 9.05 Å². The molecular weight excluding hydrogens is 183 g/mol. The second kappa shape index (κ2) is 4.45. The summed E-state index contributed by atoms with van der Waals surface area (Å²) in [7, 11) is -1.29. The van der Waals surface area contributed by atoms with Crippen LogP contribution in [0.2, 0.25) is 0 Å². The Morgan fingerprint density at radius 3 is 2.00 bits per heavy atom. The highest BCUT2D eigenvalue weighted by Gasteiger charge is 2.40. The van der Waals surface area contributed by atoms with Crippen LogP contribution in [0.25, 0.3) is 5.53 Å². The van der Waals surface area contributed by atoms with Crippen LogP contribution in [0.3, 0.4) is 0 Å². The highest BCUT2D eigenvalue weighted by atomic mass is 31.2. The second-order valence-electron chi connectivity index (χ2n) is 2.05. The third-order valence-corrected chi connectivity index (χ3v) is 3.46. The van der Waals surface area contributed by atoms with Gasteiger partial charge in [0, 0.05) is 21.1 Å². The van der Waals surface area contributed by atoms with Crippen LogP contribution in [0.4, 0.5) is 0 Å². The molecule has 1 N–H and O–H groups in total. The van der Waals surface area contributed by atoms with Crippen LogP contribution in [0, 0.1) is 0 Å². The summed E-state index contributed by atoms with van der Waals surface area (Å²) in [6, 6.07) is 0. The Labute approximate surface area is 70.3 Å². The topological polar surface area (TPSA) is 88.9 Å². The van der Waals surface area contributed by atoms with Gasteiger partial charge < -0.3 is 19.7 Å². The third kappa shape index (κ3) is 2.20. The fourth-order valence-corrected chi connectivity index (χ4v) is 1.83. The number of rotatable bonds is 5. The van der Waals surface area contributed by atoms with Gasteiger partial charge in [-0.3, -0.25) is 9.36 Å². The van der Waals surface area contributed by atoms with Crippen molar-refractivity contribution >= 4 is 13.4 Å². The van der Waals surface area contributed by atoms with Crippen molar-refractivity contribution in [3.05, 3.63) is 5.53 Å². The van der Waals surface area contributed by atoms with Gasteiger partial charge in [-0.25, -0.2) is 0 Å². The van der Waals surface area contributed by atoms with Gasteiger partial charge >= 0.3 is 7.60 Å². The second-order valence-corrected chi connectivity index (χ2v) is 4.37. The van der Waals surface area contributed by atoms with E-state index in [0.29, 0.717) is 0 Å². The first-order chi connectivity index (χ1) is 5.51. The molecule has 0 radical (unpaired) electrons. The molecule has 0 aliphatic rings. The molecule has 0 aromatic carbocycles. The summed E-state index contributed by atoms with van der Waals surface area (Å²) in [6.07, 6.45) is 0. The monoisotopic (exact) mass is 194 g/mol. The Bertz CT molecular complexity index is 221. The molecule has 0 fully saturated rings. The van der Waals surface area contributed by atoms with E-state index in [9.17, 15) is 9.36 Å². The van der Waals surface area contributed by atoms with Crippen LogP contribution in [-0.2, 0) is 18.4 Å². The summed E-state index contributed by atoms with van der Waals surface area (Å²) in [5.74, 6) is -1.85. The SMILES string of the molecule is COP(=O)(OC)C([NH+]=[N-])C(C)=O. The first-order valence-electron chi connectivity index (χ1n) is 3.13. The number of hydrogen-bond acceptors (Lipinski definition) is 4. The molecule has 7 heteroatoms. The van der Waals surface area contributed by atoms with Crippen molar-refractivity contribution in [2.45, 2.75) is 12.7 Å². The maximum atomic E-state index is 11.4. The minimum absolute atomic E-state index is 0.524. The van der Waals surface area contributed by atoms with E-state index >= 15 is 0 Å². The first kappa shape index (κ1) is 11.4. The molecule has 12 heavy (non-hydrogen) atoms. The summed E-state index contributed by atoms with van der Waals surface area (Å²) < 4.78 is 20.4. The van der Waals surface area contributed by atoms with Crippen LogP contribution < -0.4 is 5.11 Å². The van der Waals surface area contributed by atoms with E-state index in [1.165, 1.54) is 6.92 Å². The lowest BCUT2D eigenvalue weighted by atomic mass is 10.5. The maximum Gasteiger partial charge on any atom is 0.404 e. The van der Waals surface area contributed by atoms with Gasteiger partial charge in [0.25, 0.3) is 5.78 Å². The molecule has 0 aromatic rings. The Balaban J connectivity index is 4.80. The number of carbonyl (C=O) groups excluding carboxylic acids is 1. The summed E-state index contributed by atoms with van der Waals surface area (Å²) in [5, 5.41) is 1.58. The predicted octanol–water partition coefficient (Wildman–Crippen LogP) is -0.510. The van der Waals surface area contributed by atoms with Crippen LogP contribution in [0.1, 0.15) is 6.92 Å². The maximum absolute atomic E-state index is 11.4. The third-order valence-electron chi connectivity index (χ3n) is 1.33. The molecule has 1 atom stereocenters. The molecule has 70 valence electrons. The zero-order valence-corrected chi connectivity index (χ0v) is 8.00. The lowest BCUT2D eigenvalue weighted by Gasteiger charge is -2.15. The lowest BCUT2D eigenvalue weighted by Crippen LogP contribution is -2.73. The molecule has 0 amide bonds. The summed E-state index contributed by atoms with van der Waals surface area (Å²) in [5.41, 5.74) is 8.49. The zero-order valence-electron chi connectivity index (χ0n) is 7.10. The molecule has 0 bridgehead atoms. The molecule has 0 heterocycles. The van der Waals surface area contributed by atoms with Crippen molar-refractivity contribution in [2.75, 3.05) is 14.2 Å². The largest absolute Gasteiger partial charge is 0.507 e. The number of carbonyl (C=O) groups is 1. The molecule has 0 spiro atoms. The minimum atomic E-state index is -3.56. The number of Topliss-reactive ketones (excluding diaryl/α,β-unsaturated/α-hetero) is 1. The van der Waals surface area contributed by atoms with Gasteiger partial charge in [-0.1, -0.05) is 0 Å². The fourth-order valence-electron chi connectivity index (χ4n) is 0.670. The van der Waals surface area contributed by atoms with Crippen molar-refractivity contribution in [1.82, 2.24) is 0 Å².